The summed E-state index contributed by atoms with van der Waals surface area (Å²) in [6, 6.07) is 15.3. The smallest absolute Gasteiger partial charge is 0.337 e. The Morgan fingerprint density at radius 3 is 2.29 bits per heavy atom. The number of rotatable bonds is 6. The van der Waals surface area contributed by atoms with Crippen LogP contribution in [0.5, 0.6) is 11.5 Å². The van der Waals surface area contributed by atoms with E-state index in [1.807, 2.05) is 27.7 Å². The quantitative estimate of drug-likeness (QED) is 0.293. The first-order valence-corrected chi connectivity index (χ1v) is 11.8. The van der Waals surface area contributed by atoms with Gasteiger partial charge in [0.15, 0.2) is 0 Å². The Kier molecular flexibility index (Phi) is 7.43. The first-order chi connectivity index (χ1) is 18.0. The Balaban J connectivity index is 1.53. The number of hydrogen-bond acceptors (Lipinski definition) is 6. The van der Waals surface area contributed by atoms with Gasteiger partial charge in [0, 0.05) is 35.5 Å². The normalized spacial score (nSPS) is 11.1. The van der Waals surface area contributed by atoms with Crippen LogP contribution in [0.3, 0.4) is 0 Å². The van der Waals surface area contributed by atoms with E-state index in [9.17, 15) is 14.0 Å². The lowest BCUT2D eigenvalue weighted by Gasteiger charge is -2.14. The topological polar surface area (TPSA) is 107 Å². The number of nitrogens with one attached hydrogen (secondary N) is 2. The lowest BCUT2D eigenvalue weighted by Crippen LogP contribution is -2.22. The van der Waals surface area contributed by atoms with Crippen molar-refractivity contribution in [3.63, 3.8) is 0 Å². The Labute approximate surface area is 219 Å². The van der Waals surface area contributed by atoms with Crippen molar-refractivity contribution in [1.29, 1.82) is 0 Å². The number of esters is 1. The molecule has 0 saturated carbocycles. The van der Waals surface area contributed by atoms with E-state index in [4.69, 9.17) is 9.47 Å². The van der Waals surface area contributed by atoms with Crippen molar-refractivity contribution < 1.29 is 23.5 Å². The van der Waals surface area contributed by atoms with E-state index in [-0.39, 0.29) is 16.9 Å². The number of urea groups is 1. The van der Waals surface area contributed by atoms with Crippen molar-refractivity contribution in [2.45, 2.75) is 33.1 Å². The van der Waals surface area contributed by atoms with Crippen LogP contribution in [0, 0.1) is 12.7 Å². The minimum Gasteiger partial charge on any atom is -0.465 e. The number of nitrogens with zero attached hydrogens (tertiary/aromatic N) is 3. The molecule has 0 unspecified atom stereocenters. The van der Waals surface area contributed by atoms with Gasteiger partial charge in [0.1, 0.15) is 23.1 Å². The number of benzene rings is 2. The van der Waals surface area contributed by atoms with Gasteiger partial charge in [-0.25, -0.2) is 18.7 Å². The fourth-order valence-electron chi connectivity index (χ4n) is 3.54. The summed E-state index contributed by atoms with van der Waals surface area (Å²) in [5, 5.41) is 9.91. The van der Waals surface area contributed by atoms with E-state index in [1.54, 1.807) is 59.4 Å². The highest BCUT2D eigenvalue weighted by Crippen LogP contribution is 2.28. The molecular formula is C28H28FN5O4. The van der Waals surface area contributed by atoms with Crippen molar-refractivity contribution in [3.05, 3.63) is 89.6 Å². The molecule has 0 radical (unpaired) electrons. The average Bonchev–Trinajstić information content (AvgIpc) is 3.29. The molecule has 2 aromatic carbocycles. The first-order valence-electron chi connectivity index (χ1n) is 11.8. The molecular weight excluding hydrogens is 489 g/mol. The van der Waals surface area contributed by atoms with Gasteiger partial charge in [-0.3, -0.25) is 10.3 Å². The maximum Gasteiger partial charge on any atom is 0.337 e. The number of halogens is 1. The fraction of sp³-hybridized carbons (Fsp3) is 0.214. The highest BCUT2D eigenvalue weighted by atomic mass is 19.1. The SMILES string of the molecule is COC(=O)c1ccc(-n2nc(C(C)(C)C)cc2NC(=O)Nc2ccc(Oc3ccnc(C)c3)cc2F)cc1. The van der Waals surface area contributed by atoms with Gasteiger partial charge in [-0.15, -0.1) is 0 Å². The van der Waals surface area contributed by atoms with Crippen molar-refractivity contribution in [1.82, 2.24) is 14.8 Å². The predicted molar refractivity (Wildman–Crippen MR) is 142 cm³/mol. The van der Waals surface area contributed by atoms with Crippen LogP contribution in [0.2, 0.25) is 0 Å². The first kappa shape index (κ1) is 26.3. The summed E-state index contributed by atoms with van der Waals surface area (Å²) < 4.78 is 26.7. The molecule has 4 rings (SSSR count). The predicted octanol–water partition coefficient (Wildman–Crippen LogP) is 6.24. The number of hydrogen-bond donors (Lipinski definition) is 2. The van der Waals surface area contributed by atoms with Crippen molar-refractivity contribution in [2.24, 2.45) is 0 Å². The van der Waals surface area contributed by atoms with E-state index in [1.165, 1.54) is 19.2 Å². The van der Waals surface area contributed by atoms with Crippen molar-refractivity contribution in [3.8, 4) is 17.2 Å². The third-order valence-electron chi connectivity index (χ3n) is 5.54. The maximum absolute atomic E-state index is 14.8. The zero-order valence-corrected chi connectivity index (χ0v) is 21.7. The van der Waals surface area contributed by atoms with E-state index in [0.717, 1.165) is 11.4 Å². The van der Waals surface area contributed by atoms with Gasteiger partial charge in [0.2, 0.25) is 0 Å². The number of aromatic nitrogens is 3. The van der Waals surface area contributed by atoms with Crippen LogP contribution in [0.25, 0.3) is 5.69 Å². The second-order valence-electron chi connectivity index (χ2n) is 9.57. The molecule has 2 heterocycles. The summed E-state index contributed by atoms with van der Waals surface area (Å²) in [5.74, 6) is 0.0528. The number of carbonyl (C=O) groups is 2. The number of aryl methyl sites for hydroxylation is 1. The molecule has 0 spiro atoms. The summed E-state index contributed by atoms with van der Waals surface area (Å²) in [6.45, 7) is 7.81. The van der Waals surface area contributed by atoms with Gasteiger partial charge < -0.3 is 14.8 Å². The van der Waals surface area contributed by atoms with Gasteiger partial charge in [0.05, 0.1) is 29.7 Å². The van der Waals surface area contributed by atoms with Crippen LogP contribution in [-0.2, 0) is 10.2 Å². The minimum absolute atomic E-state index is 0.0229. The average molecular weight is 518 g/mol. The number of pyridine rings is 1. The molecule has 10 heteroatoms. The van der Waals surface area contributed by atoms with Crippen LogP contribution in [0.1, 0.15) is 42.5 Å². The van der Waals surface area contributed by atoms with E-state index >= 15 is 0 Å². The summed E-state index contributed by atoms with van der Waals surface area (Å²) in [4.78, 5) is 28.7. The number of anilines is 2. The van der Waals surface area contributed by atoms with Crippen LogP contribution >= 0.6 is 0 Å². The van der Waals surface area contributed by atoms with Gasteiger partial charge in [0.25, 0.3) is 0 Å². The number of ether oxygens (including phenoxy) is 2. The molecule has 0 fully saturated rings. The standard InChI is InChI=1S/C28H28FN5O4/c1-17-14-21(12-13-30-17)38-20-10-11-23(22(29)15-20)31-27(36)32-25-16-24(28(2,3)4)33-34(25)19-8-6-18(7-9-19)26(35)37-5/h6-16H,1-5H3,(H2,31,32,36). The third kappa shape index (κ3) is 6.15. The van der Waals surface area contributed by atoms with Gasteiger partial charge in [-0.05, 0) is 49.4 Å². The van der Waals surface area contributed by atoms with Crippen molar-refractivity contribution in [2.75, 3.05) is 17.7 Å². The van der Waals surface area contributed by atoms with E-state index < -0.39 is 17.8 Å². The number of carbonyl (C=O) groups excluding carboxylic acids is 2. The molecule has 0 atom stereocenters. The second kappa shape index (κ2) is 10.7. The molecule has 0 aliphatic rings. The van der Waals surface area contributed by atoms with Gasteiger partial charge >= 0.3 is 12.0 Å². The lowest BCUT2D eigenvalue weighted by molar-refractivity contribution is 0.0600. The zero-order chi connectivity index (χ0) is 27.4. The third-order valence-corrected chi connectivity index (χ3v) is 5.54. The highest BCUT2D eigenvalue weighted by Gasteiger charge is 2.22. The zero-order valence-electron chi connectivity index (χ0n) is 21.7. The van der Waals surface area contributed by atoms with Crippen LogP contribution in [-0.4, -0.2) is 33.9 Å². The highest BCUT2D eigenvalue weighted by molar-refractivity contribution is 5.99. The van der Waals surface area contributed by atoms with Crippen LogP contribution in [0.15, 0.2) is 66.9 Å². The molecule has 0 bridgehead atoms. The minimum atomic E-state index is -0.661. The molecule has 9 nitrogen and oxygen atoms in total. The monoisotopic (exact) mass is 517 g/mol. The van der Waals surface area contributed by atoms with Crippen molar-refractivity contribution >= 4 is 23.5 Å². The molecule has 0 saturated heterocycles. The Morgan fingerprint density at radius 2 is 1.66 bits per heavy atom. The number of amides is 2. The second-order valence-corrected chi connectivity index (χ2v) is 9.57. The molecule has 0 aliphatic carbocycles. The van der Waals surface area contributed by atoms with Crippen LogP contribution < -0.4 is 15.4 Å². The lowest BCUT2D eigenvalue weighted by atomic mass is 9.92. The summed E-state index contributed by atoms with van der Waals surface area (Å²) >= 11 is 0. The van der Waals surface area contributed by atoms with Gasteiger partial charge in [-0.2, -0.15) is 5.10 Å². The summed E-state index contributed by atoms with van der Waals surface area (Å²) in [7, 11) is 1.31. The summed E-state index contributed by atoms with van der Waals surface area (Å²) in [6.07, 6.45) is 1.60. The van der Waals surface area contributed by atoms with Crippen LogP contribution in [0.4, 0.5) is 20.7 Å². The molecule has 196 valence electrons. The number of methoxy groups -OCH3 is 1. The molecule has 38 heavy (non-hydrogen) atoms. The van der Waals surface area contributed by atoms with E-state index in [2.05, 4.69) is 20.7 Å². The molecule has 0 aliphatic heterocycles. The molecule has 4 aromatic rings. The Bertz CT molecular complexity index is 1480. The fourth-order valence-corrected chi connectivity index (χ4v) is 3.54. The molecule has 2 amide bonds. The maximum atomic E-state index is 14.8. The largest absolute Gasteiger partial charge is 0.465 e. The molecule has 2 aromatic heterocycles. The Hall–Kier alpha value is -4.73. The molecule has 2 N–H and O–H groups in total. The van der Waals surface area contributed by atoms with E-state index in [0.29, 0.717) is 22.8 Å². The van der Waals surface area contributed by atoms with Gasteiger partial charge in [-0.1, -0.05) is 20.8 Å². The Morgan fingerprint density at radius 1 is 0.947 bits per heavy atom. The summed E-state index contributed by atoms with van der Waals surface area (Å²) in [5.41, 5.74) is 2.16.